The predicted octanol–water partition coefficient (Wildman–Crippen LogP) is 2.92. The van der Waals surface area contributed by atoms with E-state index in [0.717, 1.165) is 5.39 Å². The number of hydrogen-bond acceptors (Lipinski definition) is 5. The molecule has 0 spiro atoms. The third-order valence-corrected chi connectivity index (χ3v) is 3.69. The lowest BCUT2D eigenvalue weighted by atomic mass is 10.1. The van der Waals surface area contributed by atoms with Crippen LogP contribution in [-0.4, -0.2) is 27.1 Å². The molecule has 0 aliphatic rings. The van der Waals surface area contributed by atoms with E-state index in [2.05, 4.69) is 10.7 Å². The van der Waals surface area contributed by atoms with Gasteiger partial charge in [0.15, 0.2) is 11.6 Å². The zero-order valence-corrected chi connectivity index (χ0v) is 14.2. The van der Waals surface area contributed by atoms with Gasteiger partial charge < -0.3 is 20.1 Å². The molecule has 0 aliphatic heterocycles. The molecule has 0 radical (unpaired) electrons. The first kappa shape index (κ1) is 18.0. The number of nitrogens with two attached hydrogens (primary N) is 1. The zero-order chi connectivity index (χ0) is 17.7. The molecule has 0 amide bonds. The lowest BCUT2D eigenvalue weighted by Crippen LogP contribution is -1.98. The molecular weight excluding hydrogens is 329 g/mol. The highest BCUT2D eigenvalue weighted by atomic mass is 32.1. The van der Waals surface area contributed by atoms with Crippen LogP contribution in [0.3, 0.4) is 0 Å². The van der Waals surface area contributed by atoms with Gasteiger partial charge in [-0.15, -0.1) is 0 Å². The van der Waals surface area contributed by atoms with Gasteiger partial charge in [0.1, 0.15) is 5.75 Å². The van der Waals surface area contributed by atoms with Crippen LogP contribution in [0.25, 0.3) is 10.9 Å². The standard InChI is InChI=1S/C16H13FN2O2S.CH5N/c1-19-5-3-12-13(8-20)16(14(17)7-15(12)19)21-11-2-4-18-10(6-11)9-22;1-2/h2-7,9,20H,8H2,1H3;2H2,1H3. The zero-order valence-electron chi connectivity index (χ0n) is 13.4. The van der Waals surface area contributed by atoms with Gasteiger partial charge in [0.2, 0.25) is 0 Å². The summed E-state index contributed by atoms with van der Waals surface area (Å²) >= 11 is 4.82. The molecule has 7 heteroatoms. The Kier molecular flexibility index (Phi) is 5.97. The molecule has 3 N–H and O–H groups in total. The second-order valence-corrected chi connectivity index (χ2v) is 5.06. The van der Waals surface area contributed by atoms with Crippen molar-refractivity contribution in [2.75, 3.05) is 7.05 Å². The van der Waals surface area contributed by atoms with Crippen molar-refractivity contribution >= 4 is 28.5 Å². The summed E-state index contributed by atoms with van der Waals surface area (Å²) in [5.74, 6) is -0.100. The van der Waals surface area contributed by atoms with E-state index in [-0.39, 0.29) is 12.4 Å². The van der Waals surface area contributed by atoms with E-state index in [0.29, 0.717) is 22.5 Å². The van der Waals surface area contributed by atoms with E-state index in [1.807, 2.05) is 19.3 Å². The van der Waals surface area contributed by atoms with Crippen molar-refractivity contribution in [3.8, 4) is 11.5 Å². The van der Waals surface area contributed by atoms with Gasteiger partial charge in [-0.1, -0.05) is 12.2 Å². The molecule has 3 rings (SSSR count). The lowest BCUT2D eigenvalue weighted by molar-refractivity contribution is 0.276. The topological polar surface area (TPSA) is 73.3 Å². The fraction of sp³-hybridized carbons (Fsp3) is 0.176. The maximum atomic E-state index is 14.4. The largest absolute Gasteiger partial charge is 0.454 e. The number of aromatic nitrogens is 2. The van der Waals surface area contributed by atoms with E-state index in [4.69, 9.17) is 17.0 Å². The second kappa shape index (κ2) is 7.96. The SMILES string of the molecule is CN.Cn1ccc2c(CO)c(Oc3ccnc(C=S)c3)c(F)cc21. The Hall–Kier alpha value is -2.35. The molecule has 0 saturated carbocycles. The summed E-state index contributed by atoms with van der Waals surface area (Å²) < 4.78 is 21.8. The molecule has 3 aromatic rings. The number of pyridine rings is 1. The number of fused-ring (bicyclic) bond motifs is 1. The van der Waals surface area contributed by atoms with Crippen LogP contribution in [0.1, 0.15) is 11.3 Å². The minimum absolute atomic E-state index is 0.0164. The van der Waals surface area contributed by atoms with E-state index < -0.39 is 5.82 Å². The Balaban J connectivity index is 0.00000100. The summed E-state index contributed by atoms with van der Waals surface area (Å²) in [5, 5.41) is 11.8. The van der Waals surface area contributed by atoms with Crippen LogP contribution in [0.15, 0.2) is 36.7 Å². The first-order chi connectivity index (χ1) is 11.6. The van der Waals surface area contributed by atoms with Gasteiger partial charge in [0.05, 0.1) is 17.8 Å². The minimum Gasteiger partial charge on any atom is -0.454 e. The highest BCUT2D eigenvalue weighted by molar-refractivity contribution is 7.79. The minimum atomic E-state index is -0.529. The Morgan fingerprint density at radius 2 is 2.12 bits per heavy atom. The summed E-state index contributed by atoms with van der Waals surface area (Å²) in [5.41, 5.74) is 6.17. The summed E-state index contributed by atoms with van der Waals surface area (Å²) in [7, 11) is 3.32. The van der Waals surface area contributed by atoms with Crippen molar-refractivity contribution in [1.29, 1.82) is 0 Å². The highest BCUT2D eigenvalue weighted by Crippen LogP contribution is 2.34. The van der Waals surface area contributed by atoms with Gasteiger partial charge >= 0.3 is 0 Å². The van der Waals surface area contributed by atoms with E-state index >= 15 is 0 Å². The first-order valence-corrected chi connectivity index (χ1v) is 7.65. The molecule has 5 nitrogen and oxygen atoms in total. The number of hydrogen-bond donors (Lipinski definition) is 2. The lowest BCUT2D eigenvalue weighted by Gasteiger charge is -2.13. The normalized spacial score (nSPS) is 10.2. The van der Waals surface area contributed by atoms with Crippen LogP contribution >= 0.6 is 12.2 Å². The van der Waals surface area contributed by atoms with Crippen molar-refractivity contribution in [3.05, 3.63) is 53.7 Å². The number of benzene rings is 1. The maximum absolute atomic E-state index is 14.4. The molecule has 0 saturated heterocycles. The summed E-state index contributed by atoms with van der Waals surface area (Å²) in [6, 6.07) is 6.44. The number of rotatable bonds is 4. The Bertz CT molecular complexity index is 864. The number of halogens is 1. The second-order valence-electron chi connectivity index (χ2n) is 4.82. The van der Waals surface area contributed by atoms with E-state index in [1.54, 1.807) is 16.7 Å². The van der Waals surface area contributed by atoms with Crippen molar-refractivity contribution in [1.82, 2.24) is 9.55 Å². The first-order valence-electron chi connectivity index (χ1n) is 7.18. The van der Waals surface area contributed by atoms with Crippen LogP contribution in [0.2, 0.25) is 0 Å². The van der Waals surface area contributed by atoms with Crippen molar-refractivity contribution < 1.29 is 14.2 Å². The maximum Gasteiger partial charge on any atom is 0.169 e. The average molecular weight is 347 g/mol. The molecule has 0 bridgehead atoms. The number of aryl methyl sites for hydroxylation is 1. The molecule has 0 fully saturated rings. The third-order valence-electron chi connectivity index (χ3n) is 3.45. The van der Waals surface area contributed by atoms with Crippen LogP contribution < -0.4 is 10.5 Å². The Morgan fingerprint density at radius 1 is 1.38 bits per heavy atom. The Labute approximate surface area is 144 Å². The third kappa shape index (κ3) is 3.43. The van der Waals surface area contributed by atoms with Crippen molar-refractivity contribution in [2.24, 2.45) is 12.8 Å². The molecule has 126 valence electrons. The van der Waals surface area contributed by atoms with Gasteiger partial charge in [0.25, 0.3) is 0 Å². The van der Waals surface area contributed by atoms with E-state index in [1.165, 1.54) is 24.7 Å². The molecule has 0 atom stereocenters. The summed E-state index contributed by atoms with van der Waals surface area (Å²) in [4.78, 5) is 4.03. The average Bonchev–Trinajstić information content (AvgIpc) is 2.98. The van der Waals surface area contributed by atoms with Gasteiger partial charge in [0, 0.05) is 47.9 Å². The Morgan fingerprint density at radius 3 is 2.79 bits per heavy atom. The predicted molar refractivity (Wildman–Crippen MR) is 96.0 cm³/mol. The van der Waals surface area contributed by atoms with E-state index in [9.17, 15) is 9.50 Å². The summed E-state index contributed by atoms with van der Waals surface area (Å²) in [6.07, 6.45) is 3.34. The fourth-order valence-corrected chi connectivity index (χ4v) is 2.50. The van der Waals surface area contributed by atoms with Gasteiger partial charge in [-0.3, -0.25) is 4.98 Å². The van der Waals surface area contributed by atoms with Crippen LogP contribution in [0.4, 0.5) is 4.39 Å². The van der Waals surface area contributed by atoms with Crippen LogP contribution in [0, 0.1) is 5.82 Å². The quantitative estimate of drug-likeness (QED) is 0.710. The number of ether oxygens (including phenoxy) is 1. The molecule has 2 heterocycles. The molecule has 0 unspecified atom stereocenters. The van der Waals surface area contributed by atoms with Gasteiger partial charge in [-0.05, 0) is 19.2 Å². The number of aliphatic hydroxyl groups excluding tert-OH is 1. The summed E-state index contributed by atoms with van der Waals surface area (Å²) in [6.45, 7) is -0.321. The van der Waals surface area contributed by atoms with Crippen LogP contribution in [0.5, 0.6) is 11.5 Å². The van der Waals surface area contributed by atoms with Gasteiger partial charge in [-0.25, -0.2) is 4.39 Å². The highest BCUT2D eigenvalue weighted by Gasteiger charge is 2.17. The molecule has 24 heavy (non-hydrogen) atoms. The molecule has 2 aromatic heterocycles. The van der Waals surface area contributed by atoms with Gasteiger partial charge in [-0.2, -0.15) is 0 Å². The number of thiocarbonyl (C=S) groups is 1. The van der Waals surface area contributed by atoms with Crippen LogP contribution in [-0.2, 0) is 13.7 Å². The van der Waals surface area contributed by atoms with Crippen molar-refractivity contribution in [2.45, 2.75) is 6.61 Å². The monoisotopic (exact) mass is 347 g/mol. The molecule has 1 aromatic carbocycles. The molecular formula is C17H18FN3O2S. The number of nitrogens with zero attached hydrogens (tertiary/aromatic N) is 2. The molecule has 0 aliphatic carbocycles. The fourth-order valence-electron chi connectivity index (χ4n) is 2.37. The van der Waals surface area contributed by atoms with Crippen molar-refractivity contribution in [3.63, 3.8) is 0 Å². The smallest absolute Gasteiger partial charge is 0.169 e. The number of aliphatic hydroxyl groups is 1.